The highest BCUT2D eigenvalue weighted by molar-refractivity contribution is 5.26. The zero-order chi connectivity index (χ0) is 18.0. The highest BCUT2D eigenvalue weighted by Crippen LogP contribution is 2.33. The highest BCUT2D eigenvalue weighted by Gasteiger charge is 2.40. The van der Waals surface area contributed by atoms with Gasteiger partial charge in [0, 0.05) is 19.1 Å². The largest absolute Gasteiger partial charge is 0.382 e. The van der Waals surface area contributed by atoms with Crippen molar-refractivity contribution >= 4 is 0 Å². The zero-order valence-electron chi connectivity index (χ0n) is 14.2. The summed E-state index contributed by atoms with van der Waals surface area (Å²) >= 11 is 0. The maximum Gasteiger partial charge on any atom is 0.159 e. The molecule has 1 aliphatic heterocycles. The van der Waals surface area contributed by atoms with Crippen LogP contribution in [0.5, 0.6) is 0 Å². The molecule has 1 aliphatic rings. The normalized spacial score (nSPS) is 19.6. The van der Waals surface area contributed by atoms with Gasteiger partial charge in [-0.05, 0) is 37.5 Å². The molecule has 0 saturated carbocycles. The Morgan fingerprint density at radius 2 is 2.00 bits per heavy atom. The van der Waals surface area contributed by atoms with Crippen LogP contribution >= 0.6 is 0 Å². The van der Waals surface area contributed by atoms with Gasteiger partial charge < -0.3 is 5.11 Å². The Bertz CT molecular complexity index is 740. The molecule has 1 fully saturated rings. The first-order valence-electron chi connectivity index (χ1n) is 8.31. The van der Waals surface area contributed by atoms with E-state index < -0.39 is 17.2 Å². The van der Waals surface area contributed by atoms with Crippen molar-refractivity contribution in [3.8, 4) is 0 Å². The van der Waals surface area contributed by atoms with E-state index in [0.29, 0.717) is 5.56 Å². The van der Waals surface area contributed by atoms with Crippen molar-refractivity contribution in [2.24, 2.45) is 0 Å². The Morgan fingerprint density at radius 3 is 2.60 bits per heavy atom. The molecule has 1 N–H and O–H groups in total. The summed E-state index contributed by atoms with van der Waals surface area (Å²) in [6.07, 6.45) is 4.60. The van der Waals surface area contributed by atoms with Crippen molar-refractivity contribution in [3.63, 3.8) is 0 Å². The number of hydrogen-bond donors (Lipinski definition) is 1. The van der Waals surface area contributed by atoms with Crippen LogP contribution in [0.15, 0.2) is 43.0 Å². The molecule has 2 atom stereocenters. The standard InChI is InChI=1S/C18H22F2N4O/c1-13-5-7-23(8-6-13)14(2)18(25,10-24-12-21-11-22-24)15-3-4-16(19)17(20)9-15/h3-4,9,11-12,14,25H,1,5-8,10H2,2H3/t14-,18-/m1/s1. The first-order valence-corrected chi connectivity index (χ1v) is 8.31. The molecule has 2 aromatic rings. The van der Waals surface area contributed by atoms with E-state index in [2.05, 4.69) is 21.6 Å². The molecule has 0 spiro atoms. The lowest BCUT2D eigenvalue weighted by atomic mass is 9.85. The number of piperidine rings is 1. The van der Waals surface area contributed by atoms with Crippen molar-refractivity contribution in [1.29, 1.82) is 0 Å². The maximum atomic E-state index is 13.8. The van der Waals surface area contributed by atoms with Gasteiger partial charge in [-0.25, -0.2) is 18.4 Å². The van der Waals surface area contributed by atoms with Gasteiger partial charge in [0.1, 0.15) is 18.3 Å². The molecule has 2 heterocycles. The summed E-state index contributed by atoms with van der Waals surface area (Å²) in [5, 5.41) is 15.6. The third-order valence-corrected chi connectivity index (χ3v) is 5.03. The van der Waals surface area contributed by atoms with Gasteiger partial charge >= 0.3 is 0 Å². The molecule has 134 valence electrons. The number of aromatic nitrogens is 3. The Kier molecular flexibility index (Phi) is 4.96. The number of likely N-dealkylation sites (tertiary alicyclic amines) is 1. The van der Waals surface area contributed by atoms with Crippen molar-refractivity contribution in [2.75, 3.05) is 13.1 Å². The topological polar surface area (TPSA) is 54.2 Å². The van der Waals surface area contributed by atoms with Gasteiger partial charge in [0.2, 0.25) is 0 Å². The molecule has 3 rings (SSSR count). The molecule has 0 bridgehead atoms. The number of aliphatic hydroxyl groups is 1. The monoisotopic (exact) mass is 348 g/mol. The van der Waals surface area contributed by atoms with E-state index in [4.69, 9.17) is 0 Å². The number of rotatable bonds is 5. The Morgan fingerprint density at radius 1 is 1.28 bits per heavy atom. The Hall–Kier alpha value is -2.12. The van der Waals surface area contributed by atoms with Crippen LogP contribution in [0, 0.1) is 11.6 Å². The van der Waals surface area contributed by atoms with Crippen molar-refractivity contribution in [3.05, 3.63) is 60.2 Å². The molecule has 7 heteroatoms. The van der Waals surface area contributed by atoms with E-state index in [-0.39, 0.29) is 12.6 Å². The molecule has 0 aliphatic carbocycles. The predicted molar refractivity (Wildman–Crippen MR) is 89.7 cm³/mol. The third-order valence-electron chi connectivity index (χ3n) is 5.03. The third kappa shape index (κ3) is 3.62. The minimum absolute atomic E-state index is 0.0939. The van der Waals surface area contributed by atoms with Crippen LogP contribution in [0.1, 0.15) is 25.3 Å². The van der Waals surface area contributed by atoms with Crippen LogP contribution in [0.25, 0.3) is 0 Å². The van der Waals surface area contributed by atoms with Crippen LogP contribution < -0.4 is 0 Å². The van der Waals surface area contributed by atoms with Crippen molar-refractivity contribution in [2.45, 2.75) is 38.0 Å². The van der Waals surface area contributed by atoms with E-state index in [1.54, 1.807) is 0 Å². The van der Waals surface area contributed by atoms with Gasteiger partial charge in [0.05, 0.1) is 6.54 Å². The second-order valence-electron chi connectivity index (χ2n) is 6.61. The summed E-state index contributed by atoms with van der Waals surface area (Å²) in [4.78, 5) is 6.04. The van der Waals surface area contributed by atoms with E-state index in [1.807, 2.05) is 6.92 Å². The summed E-state index contributed by atoms with van der Waals surface area (Å²) in [5.41, 5.74) is 0.0656. The molecular formula is C18H22F2N4O. The summed E-state index contributed by atoms with van der Waals surface area (Å²) in [6.45, 7) is 7.53. The fourth-order valence-electron chi connectivity index (χ4n) is 3.32. The Balaban J connectivity index is 1.95. The molecule has 1 saturated heterocycles. The molecule has 25 heavy (non-hydrogen) atoms. The summed E-state index contributed by atoms with van der Waals surface area (Å²) in [5.74, 6) is -1.91. The maximum absolute atomic E-state index is 13.8. The minimum Gasteiger partial charge on any atom is -0.382 e. The molecule has 0 amide bonds. The molecule has 5 nitrogen and oxygen atoms in total. The second kappa shape index (κ2) is 7.01. The number of nitrogens with zero attached hydrogens (tertiary/aromatic N) is 4. The van der Waals surface area contributed by atoms with Gasteiger partial charge in [-0.3, -0.25) is 4.90 Å². The molecular weight excluding hydrogens is 326 g/mol. The van der Waals surface area contributed by atoms with Crippen molar-refractivity contribution in [1.82, 2.24) is 19.7 Å². The van der Waals surface area contributed by atoms with E-state index in [9.17, 15) is 13.9 Å². The zero-order valence-corrected chi connectivity index (χ0v) is 14.2. The quantitative estimate of drug-likeness (QED) is 0.844. The molecule has 1 aromatic carbocycles. The van der Waals surface area contributed by atoms with Gasteiger partial charge in [-0.15, -0.1) is 0 Å². The first-order chi connectivity index (χ1) is 11.9. The predicted octanol–water partition coefficient (Wildman–Crippen LogP) is 2.48. The minimum atomic E-state index is -1.44. The summed E-state index contributed by atoms with van der Waals surface area (Å²) in [6, 6.07) is 3.21. The second-order valence-corrected chi connectivity index (χ2v) is 6.61. The number of benzene rings is 1. The average Bonchev–Trinajstić information content (AvgIpc) is 3.10. The molecule has 1 aromatic heterocycles. The Labute approximate surface area is 145 Å². The molecule has 0 unspecified atom stereocenters. The fourth-order valence-corrected chi connectivity index (χ4v) is 3.32. The van der Waals surface area contributed by atoms with Crippen LogP contribution in [-0.2, 0) is 12.1 Å². The smallest absolute Gasteiger partial charge is 0.159 e. The van der Waals surface area contributed by atoms with Gasteiger partial charge in [-0.2, -0.15) is 5.10 Å². The fraction of sp³-hybridized carbons (Fsp3) is 0.444. The lowest BCUT2D eigenvalue weighted by Crippen LogP contribution is -2.53. The SMILES string of the molecule is C=C1CCN([C@H](C)[C@](O)(Cn2cncn2)c2ccc(F)c(F)c2)CC1. The van der Waals surface area contributed by atoms with Crippen LogP contribution in [0.3, 0.4) is 0 Å². The summed E-state index contributed by atoms with van der Waals surface area (Å²) < 4.78 is 28.7. The highest BCUT2D eigenvalue weighted by atomic mass is 19.2. The van der Waals surface area contributed by atoms with Gasteiger partial charge in [-0.1, -0.05) is 18.2 Å². The van der Waals surface area contributed by atoms with Crippen LogP contribution in [-0.4, -0.2) is 43.9 Å². The van der Waals surface area contributed by atoms with E-state index in [1.165, 1.54) is 29.0 Å². The van der Waals surface area contributed by atoms with Gasteiger partial charge in [0.15, 0.2) is 11.6 Å². The summed E-state index contributed by atoms with van der Waals surface area (Å²) in [7, 11) is 0. The van der Waals surface area contributed by atoms with Crippen LogP contribution in [0.4, 0.5) is 8.78 Å². The van der Waals surface area contributed by atoms with Crippen molar-refractivity contribution < 1.29 is 13.9 Å². The first kappa shape index (κ1) is 17.7. The van der Waals surface area contributed by atoms with Gasteiger partial charge in [0.25, 0.3) is 0 Å². The lowest BCUT2D eigenvalue weighted by molar-refractivity contribution is -0.0636. The van der Waals surface area contributed by atoms with E-state index in [0.717, 1.165) is 38.1 Å². The molecule has 0 radical (unpaired) electrons. The lowest BCUT2D eigenvalue weighted by Gasteiger charge is -2.43. The number of hydrogen-bond acceptors (Lipinski definition) is 4. The van der Waals surface area contributed by atoms with E-state index >= 15 is 0 Å². The number of halogens is 2. The average molecular weight is 348 g/mol. The van der Waals surface area contributed by atoms with Crippen LogP contribution in [0.2, 0.25) is 0 Å².